The quantitative estimate of drug-likeness (QED) is 0.746. The van der Waals surface area contributed by atoms with Crippen LogP contribution in [0.15, 0.2) is 0 Å². The van der Waals surface area contributed by atoms with E-state index in [-0.39, 0.29) is 23.8 Å². The van der Waals surface area contributed by atoms with Crippen molar-refractivity contribution in [3.63, 3.8) is 0 Å². The molecule has 1 aromatic rings. The minimum atomic E-state index is -0.503. The number of nitrogens with zero attached hydrogens (tertiary/aromatic N) is 1. The molecule has 1 saturated carbocycles. The molecule has 0 bridgehead atoms. The Morgan fingerprint density at radius 3 is 2.43 bits per heavy atom. The molecule has 0 spiro atoms. The van der Waals surface area contributed by atoms with Gasteiger partial charge in [-0.05, 0) is 45.6 Å². The summed E-state index contributed by atoms with van der Waals surface area (Å²) in [5, 5.41) is 12.9. The van der Waals surface area contributed by atoms with E-state index < -0.39 is 6.04 Å². The Morgan fingerprint density at radius 2 is 1.87 bits per heavy atom. The highest BCUT2D eigenvalue weighted by Crippen LogP contribution is 2.18. The third kappa shape index (κ3) is 4.56. The molecule has 1 fully saturated rings. The molecular formula is C17H28N4O2. The van der Waals surface area contributed by atoms with E-state index in [1.807, 2.05) is 20.8 Å². The second-order valence-electron chi connectivity index (χ2n) is 6.74. The van der Waals surface area contributed by atoms with Gasteiger partial charge >= 0.3 is 0 Å². The molecule has 2 amide bonds. The van der Waals surface area contributed by atoms with Crippen LogP contribution >= 0.6 is 0 Å². The van der Waals surface area contributed by atoms with Gasteiger partial charge in [0.25, 0.3) is 0 Å². The van der Waals surface area contributed by atoms with Gasteiger partial charge in [-0.2, -0.15) is 5.10 Å². The Labute approximate surface area is 137 Å². The third-order valence-corrected chi connectivity index (χ3v) is 4.69. The van der Waals surface area contributed by atoms with Gasteiger partial charge in [-0.1, -0.05) is 19.8 Å². The van der Waals surface area contributed by atoms with Gasteiger partial charge in [-0.3, -0.25) is 14.7 Å². The predicted octanol–water partition coefficient (Wildman–Crippen LogP) is 1.77. The van der Waals surface area contributed by atoms with Gasteiger partial charge in [-0.15, -0.1) is 0 Å². The lowest BCUT2D eigenvalue weighted by atomic mass is 9.98. The predicted molar refractivity (Wildman–Crippen MR) is 88.9 cm³/mol. The van der Waals surface area contributed by atoms with Crippen LogP contribution < -0.4 is 10.6 Å². The van der Waals surface area contributed by atoms with Crippen molar-refractivity contribution in [1.82, 2.24) is 20.8 Å². The maximum atomic E-state index is 12.3. The monoisotopic (exact) mass is 320 g/mol. The van der Waals surface area contributed by atoms with Gasteiger partial charge < -0.3 is 10.6 Å². The summed E-state index contributed by atoms with van der Waals surface area (Å²) >= 11 is 0. The number of nitrogens with one attached hydrogen (secondary N) is 3. The topological polar surface area (TPSA) is 86.9 Å². The largest absolute Gasteiger partial charge is 0.352 e. The highest BCUT2D eigenvalue weighted by atomic mass is 16.2. The van der Waals surface area contributed by atoms with Gasteiger partial charge in [0, 0.05) is 17.7 Å². The Kier molecular flexibility index (Phi) is 5.80. The van der Waals surface area contributed by atoms with E-state index in [2.05, 4.69) is 20.8 Å². The number of hydrogen-bond acceptors (Lipinski definition) is 3. The third-order valence-electron chi connectivity index (χ3n) is 4.69. The van der Waals surface area contributed by atoms with Gasteiger partial charge in [0.05, 0.1) is 5.69 Å². The normalized spacial score (nSPS) is 17.7. The zero-order chi connectivity index (χ0) is 17.0. The van der Waals surface area contributed by atoms with Gasteiger partial charge in [0.2, 0.25) is 11.8 Å². The molecule has 0 saturated heterocycles. The molecule has 1 heterocycles. The van der Waals surface area contributed by atoms with E-state index >= 15 is 0 Å². The molecule has 0 radical (unpaired) electrons. The fourth-order valence-electron chi connectivity index (χ4n) is 3.09. The number of hydrogen-bond donors (Lipinski definition) is 3. The number of carbonyl (C=O) groups excluding carboxylic acids is 2. The first-order valence-electron chi connectivity index (χ1n) is 8.49. The van der Waals surface area contributed by atoms with Crippen molar-refractivity contribution >= 4 is 11.8 Å². The number of H-pyrrole nitrogens is 1. The number of amides is 2. The number of aromatic amines is 1. The summed E-state index contributed by atoms with van der Waals surface area (Å²) in [6.07, 6.45) is 5.05. The molecule has 2 atom stereocenters. The summed E-state index contributed by atoms with van der Waals surface area (Å²) in [6, 6.07) is -0.229. The summed E-state index contributed by atoms with van der Waals surface area (Å²) in [4.78, 5) is 24.5. The van der Waals surface area contributed by atoms with Crippen molar-refractivity contribution in [2.24, 2.45) is 5.92 Å². The van der Waals surface area contributed by atoms with Crippen LogP contribution in [0.5, 0.6) is 0 Å². The van der Waals surface area contributed by atoms with Crippen LogP contribution in [0, 0.1) is 19.8 Å². The van der Waals surface area contributed by atoms with Crippen molar-refractivity contribution in [3.8, 4) is 0 Å². The van der Waals surface area contributed by atoms with Crippen LogP contribution in [0.3, 0.4) is 0 Å². The van der Waals surface area contributed by atoms with Crippen LogP contribution in [-0.4, -0.2) is 34.1 Å². The smallest absolute Gasteiger partial charge is 0.242 e. The SMILES string of the molecule is Cc1n[nH]c(C)c1C[C@@H](C)C(=O)N[C@H](C)C(=O)NC1CCCC1. The van der Waals surface area contributed by atoms with Crippen molar-refractivity contribution in [2.75, 3.05) is 0 Å². The summed E-state index contributed by atoms with van der Waals surface area (Å²) in [5.41, 5.74) is 3.00. The summed E-state index contributed by atoms with van der Waals surface area (Å²) in [7, 11) is 0. The summed E-state index contributed by atoms with van der Waals surface area (Å²) in [6.45, 7) is 7.50. The molecule has 128 valence electrons. The highest BCUT2D eigenvalue weighted by molar-refractivity contribution is 5.88. The van der Waals surface area contributed by atoms with Gasteiger partial charge in [-0.25, -0.2) is 0 Å². The zero-order valence-electron chi connectivity index (χ0n) is 14.5. The molecule has 2 rings (SSSR count). The van der Waals surface area contributed by atoms with Crippen LogP contribution in [0.1, 0.15) is 56.5 Å². The van der Waals surface area contributed by atoms with Crippen molar-refractivity contribution < 1.29 is 9.59 Å². The lowest BCUT2D eigenvalue weighted by Crippen LogP contribution is -2.48. The van der Waals surface area contributed by atoms with E-state index in [4.69, 9.17) is 0 Å². The van der Waals surface area contributed by atoms with Crippen molar-refractivity contribution in [2.45, 2.75) is 71.9 Å². The van der Waals surface area contributed by atoms with Crippen LogP contribution in [0.2, 0.25) is 0 Å². The Bertz CT molecular complexity index is 541. The van der Waals surface area contributed by atoms with Crippen LogP contribution in [0.25, 0.3) is 0 Å². The van der Waals surface area contributed by atoms with E-state index in [1.165, 1.54) is 12.8 Å². The van der Waals surface area contributed by atoms with Gasteiger partial charge in [0.15, 0.2) is 0 Å². The van der Waals surface area contributed by atoms with Crippen molar-refractivity contribution in [1.29, 1.82) is 0 Å². The van der Waals surface area contributed by atoms with E-state index in [1.54, 1.807) is 6.92 Å². The molecule has 6 nitrogen and oxygen atoms in total. The van der Waals surface area contributed by atoms with Crippen molar-refractivity contribution in [3.05, 3.63) is 17.0 Å². The molecule has 1 aliphatic carbocycles. The second kappa shape index (κ2) is 7.62. The first kappa shape index (κ1) is 17.5. The molecular weight excluding hydrogens is 292 g/mol. The molecule has 0 aliphatic heterocycles. The summed E-state index contributed by atoms with van der Waals surface area (Å²) < 4.78 is 0. The molecule has 0 unspecified atom stereocenters. The first-order valence-corrected chi connectivity index (χ1v) is 8.49. The molecule has 6 heteroatoms. The van der Waals surface area contributed by atoms with Gasteiger partial charge in [0.1, 0.15) is 6.04 Å². The maximum absolute atomic E-state index is 12.3. The fourth-order valence-corrected chi connectivity index (χ4v) is 3.09. The second-order valence-corrected chi connectivity index (χ2v) is 6.74. The number of aromatic nitrogens is 2. The number of rotatable bonds is 6. The first-order chi connectivity index (χ1) is 10.9. The summed E-state index contributed by atoms with van der Waals surface area (Å²) in [5.74, 6) is -0.390. The molecule has 1 aromatic heterocycles. The Morgan fingerprint density at radius 1 is 1.22 bits per heavy atom. The maximum Gasteiger partial charge on any atom is 0.242 e. The number of aryl methyl sites for hydroxylation is 2. The lowest BCUT2D eigenvalue weighted by molar-refractivity contribution is -0.130. The standard InChI is InChI=1S/C17H28N4O2/c1-10(9-15-11(2)20-21-12(15)3)16(22)18-13(4)17(23)19-14-7-5-6-8-14/h10,13-14H,5-9H2,1-4H3,(H,18,22)(H,19,23)(H,20,21)/t10-,13-/m1/s1. The van der Waals surface area contributed by atoms with E-state index in [0.717, 1.165) is 29.8 Å². The minimum absolute atomic E-state index is 0.0897. The Hall–Kier alpha value is -1.85. The van der Waals surface area contributed by atoms with Crippen LogP contribution in [-0.2, 0) is 16.0 Å². The Balaban J connectivity index is 1.83. The molecule has 0 aromatic carbocycles. The fraction of sp³-hybridized carbons (Fsp3) is 0.706. The van der Waals surface area contributed by atoms with E-state index in [0.29, 0.717) is 6.42 Å². The zero-order valence-corrected chi connectivity index (χ0v) is 14.5. The lowest BCUT2D eigenvalue weighted by Gasteiger charge is -2.20. The number of carbonyl (C=O) groups is 2. The van der Waals surface area contributed by atoms with Crippen LogP contribution in [0.4, 0.5) is 0 Å². The highest BCUT2D eigenvalue weighted by Gasteiger charge is 2.24. The average Bonchev–Trinajstić information content (AvgIpc) is 3.12. The molecule has 1 aliphatic rings. The van der Waals surface area contributed by atoms with E-state index in [9.17, 15) is 9.59 Å². The average molecular weight is 320 g/mol. The molecule has 23 heavy (non-hydrogen) atoms. The minimum Gasteiger partial charge on any atom is -0.352 e. The molecule has 3 N–H and O–H groups in total.